The SMILES string of the molecule is CC(C)(C)N(C(=O)O)c1cccc(NCCOc2cccc(N)c2)c1. The summed E-state index contributed by atoms with van der Waals surface area (Å²) in [5.74, 6) is 0.723. The first-order valence-electron chi connectivity index (χ1n) is 8.13. The monoisotopic (exact) mass is 343 g/mol. The number of ether oxygens (including phenoxy) is 1. The first kappa shape index (κ1) is 18.4. The van der Waals surface area contributed by atoms with Crippen LogP contribution in [0.15, 0.2) is 48.5 Å². The predicted molar refractivity (Wildman–Crippen MR) is 102 cm³/mol. The molecular weight excluding hydrogens is 318 g/mol. The average molecular weight is 343 g/mol. The van der Waals surface area contributed by atoms with Gasteiger partial charge in [-0.15, -0.1) is 0 Å². The number of hydrogen-bond acceptors (Lipinski definition) is 4. The van der Waals surface area contributed by atoms with Crippen LogP contribution in [0.1, 0.15) is 20.8 Å². The maximum Gasteiger partial charge on any atom is 0.412 e. The first-order valence-corrected chi connectivity index (χ1v) is 8.13. The van der Waals surface area contributed by atoms with E-state index in [-0.39, 0.29) is 0 Å². The molecule has 1 amide bonds. The molecular formula is C19H25N3O3. The van der Waals surface area contributed by atoms with Crippen molar-refractivity contribution in [1.82, 2.24) is 0 Å². The molecule has 4 N–H and O–H groups in total. The summed E-state index contributed by atoms with van der Waals surface area (Å²) in [5, 5.41) is 12.7. The van der Waals surface area contributed by atoms with Crippen LogP contribution in [0, 0.1) is 0 Å². The maximum atomic E-state index is 11.6. The van der Waals surface area contributed by atoms with Crippen molar-refractivity contribution in [3.05, 3.63) is 48.5 Å². The molecule has 0 spiro atoms. The van der Waals surface area contributed by atoms with Crippen molar-refractivity contribution in [3.63, 3.8) is 0 Å². The topological polar surface area (TPSA) is 87.8 Å². The van der Waals surface area contributed by atoms with Crippen LogP contribution in [0.25, 0.3) is 0 Å². The largest absolute Gasteiger partial charge is 0.492 e. The number of rotatable bonds is 6. The summed E-state index contributed by atoms with van der Waals surface area (Å²) in [6.45, 7) is 6.64. The Bertz CT molecular complexity index is 726. The number of nitrogens with two attached hydrogens (primary N) is 1. The van der Waals surface area contributed by atoms with E-state index in [2.05, 4.69) is 5.32 Å². The molecule has 25 heavy (non-hydrogen) atoms. The number of carboxylic acid groups (broad SMARTS) is 1. The van der Waals surface area contributed by atoms with E-state index in [1.54, 1.807) is 18.2 Å². The smallest absolute Gasteiger partial charge is 0.412 e. The zero-order chi connectivity index (χ0) is 18.4. The van der Waals surface area contributed by atoms with Crippen molar-refractivity contribution < 1.29 is 14.6 Å². The highest BCUT2D eigenvalue weighted by Gasteiger charge is 2.27. The minimum atomic E-state index is -0.977. The zero-order valence-corrected chi connectivity index (χ0v) is 14.8. The number of nitrogens with one attached hydrogen (secondary N) is 1. The van der Waals surface area contributed by atoms with Crippen molar-refractivity contribution >= 4 is 23.2 Å². The molecule has 0 heterocycles. The van der Waals surface area contributed by atoms with Crippen molar-refractivity contribution in [2.75, 3.05) is 29.1 Å². The Morgan fingerprint density at radius 2 is 1.92 bits per heavy atom. The van der Waals surface area contributed by atoms with Crippen LogP contribution in [0.4, 0.5) is 21.9 Å². The fraction of sp³-hybridized carbons (Fsp3) is 0.316. The van der Waals surface area contributed by atoms with Crippen LogP contribution in [0.2, 0.25) is 0 Å². The second-order valence-electron chi connectivity index (χ2n) is 6.69. The molecule has 0 saturated heterocycles. The highest BCUT2D eigenvalue weighted by Crippen LogP contribution is 2.26. The molecule has 0 aliphatic rings. The molecule has 0 saturated carbocycles. The second-order valence-corrected chi connectivity index (χ2v) is 6.69. The molecule has 6 heteroatoms. The van der Waals surface area contributed by atoms with Gasteiger partial charge in [0, 0.05) is 35.2 Å². The summed E-state index contributed by atoms with van der Waals surface area (Å²) in [6.07, 6.45) is -0.977. The highest BCUT2D eigenvalue weighted by atomic mass is 16.5. The van der Waals surface area contributed by atoms with Crippen LogP contribution in [-0.4, -0.2) is 29.9 Å². The molecule has 0 atom stereocenters. The number of anilines is 3. The predicted octanol–water partition coefficient (Wildman–Crippen LogP) is 4.04. The molecule has 0 aliphatic heterocycles. The van der Waals surface area contributed by atoms with Crippen LogP contribution < -0.4 is 20.7 Å². The number of nitrogens with zero attached hydrogens (tertiary/aromatic N) is 1. The van der Waals surface area contributed by atoms with Crippen molar-refractivity contribution in [2.45, 2.75) is 26.3 Å². The maximum absolute atomic E-state index is 11.6. The van der Waals surface area contributed by atoms with Gasteiger partial charge in [-0.1, -0.05) is 12.1 Å². The van der Waals surface area contributed by atoms with E-state index in [0.717, 1.165) is 11.4 Å². The molecule has 0 bridgehead atoms. The van der Waals surface area contributed by atoms with Gasteiger partial charge in [0.15, 0.2) is 0 Å². The van der Waals surface area contributed by atoms with Crippen LogP contribution >= 0.6 is 0 Å². The molecule has 0 radical (unpaired) electrons. The van der Waals surface area contributed by atoms with Crippen LogP contribution in [0.3, 0.4) is 0 Å². The fourth-order valence-electron chi connectivity index (χ4n) is 2.51. The molecule has 2 aromatic rings. The van der Waals surface area contributed by atoms with E-state index in [0.29, 0.717) is 24.5 Å². The lowest BCUT2D eigenvalue weighted by molar-refractivity contribution is 0.195. The van der Waals surface area contributed by atoms with Gasteiger partial charge in [0.2, 0.25) is 0 Å². The molecule has 2 aromatic carbocycles. The van der Waals surface area contributed by atoms with E-state index in [9.17, 15) is 9.90 Å². The van der Waals surface area contributed by atoms with Gasteiger partial charge in [-0.2, -0.15) is 0 Å². The summed E-state index contributed by atoms with van der Waals surface area (Å²) in [6, 6.07) is 14.6. The molecule has 0 aliphatic carbocycles. The number of hydrogen-bond donors (Lipinski definition) is 3. The first-order chi connectivity index (χ1) is 11.8. The van der Waals surface area contributed by atoms with Gasteiger partial charge < -0.3 is 20.9 Å². The third-order valence-corrected chi connectivity index (χ3v) is 3.52. The fourth-order valence-corrected chi connectivity index (χ4v) is 2.51. The summed E-state index contributed by atoms with van der Waals surface area (Å²) < 4.78 is 5.63. The summed E-state index contributed by atoms with van der Waals surface area (Å²) >= 11 is 0. The Balaban J connectivity index is 1.96. The Hall–Kier alpha value is -2.89. The van der Waals surface area contributed by atoms with Gasteiger partial charge in [-0.25, -0.2) is 4.79 Å². The van der Waals surface area contributed by atoms with E-state index < -0.39 is 11.6 Å². The normalized spacial score (nSPS) is 11.0. The van der Waals surface area contributed by atoms with Gasteiger partial charge >= 0.3 is 6.09 Å². The Morgan fingerprint density at radius 1 is 1.20 bits per heavy atom. The van der Waals surface area contributed by atoms with E-state index >= 15 is 0 Å². The lowest BCUT2D eigenvalue weighted by Gasteiger charge is -2.33. The van der Waals surface area contributed by atoms with Gasteiger partial charge in [-0.05, 0) is 51.1 Å². The van der Waals surface area contributed by atoms with Crippen molar-refractivity contribution in [3.8, 4) is 5.75 Å². The lowest BCUT2D eigenvalue weighted by Crippen LogP contribution is -2.45. The number of benzene rings is 2. The highest BCUT2D eigenvalue weighted by molar-refractivity contribution is 5.88. The summed E-state index contributed by atoms with van der Waals surface area (Å²) in [4.78, 5) is 12.9. The van der Waals surface area contributed by atoms with Crippen LogP contribution in [0.5, 0.6) is 5.75 Å². The van der Waals surface area contributed by atoms with E-state index in [1.165, 1.54) is 4.90 Å². The van der Waals surface area contributed by atoms with E-state index in [1.807, 2.05) is 51.1 Å². The number of carbonyl (C=O) groups is 1. The number of amides is 1. The summed E-state index contributed by atoms with van der Waals surface area (Å²) in [7, 11) is 0. The van der Waals surface area contributed by atoms with Crippen molar-refractivity contribution in [1.29, 1.82) is 0 Å². The van der Waals surface area contributed by atoms with Gasteiger partial charge in [0.05, 0.1) is 0 Å². The minimum absolute atomic E-state index is 0.468. The lowest BCUT2D eigenvalue weighted by atomic mass is 10.1. The quantitative estimate of drug-likeness (QED) is 0.544. The molecule has 0 fully saturated rings. The Labute approximate surface area is 148 Å². The van der Waals surface area contributed by atoms with Gasteiger partial charge in [0.1, 0.15) is 12.4 Å². The zero-order valence-electron chi connectivity index (χ0n) is 14.8. The third-order valence-electron chi connectivity index (χ3n) is 3.52. The van der Waals surface area contributed by atoms with E-state index in [4.69, 9.17) is 10.5 Å². The molecule has 134 valence electrons. The molecule has 0 aromatic heterocycles. The second kappa shape index (κ2) is 7.79. The molecule has 0 unspecified atom stereocenters. The third kappa shape index (κ3) is 5.31. The van der Waals surface area contributed by atoms with Crippen LogP contribution in [-0.2, 0) is 0 Å². The average Bonchev–Trinajstić information content (AvgIpc) is 2.50. The summed E-state index contributed by atoms with van der Waals surface area (Å²) in [5.41, 5.74) is 7.31. The molecule has 2 rings (SSSR count). The Kier molecular flexibility index (Phi) is 5.75. The standard InChI is InChI=1S/C19H25N3O3/c1-19(2,3)22(18(23)24)16-8-5-7-15(13-16)21-10-11-25-17-9-4-6-14(20)12-17/h4-9,12-13,21H,10-11,20H2,1-3H3,(H,23,24). The van der Waals surface area contributed by atoms with Gasteiger partial charge in [-0.3, -0.25) is 4.90 Å². The van der Waals surface area contributed by atoms with Crippen molar-refractivity contribution in [2.24, 2.45) is 0 Å². The Morgan fingerprint density at radius 3 is 2.56 bits per heavy atom. The minimum Gasteiger partial charge on any atom is -0.492 e. The van der Waals surface area contributed by atoms with Gasteiger partial charge in [0.25, 0.3) is 0 Å². The number of nitrogen functional groups attached to an aromatic ring is 1. The molecule has 6 nitrogen and oxygen atoms in total.